The average Bonchev–Trinajstić information content (AvgIpc) is 3.34. The van der Waals surface area contributed by atoms with Crippen LogP contribution in [0.15, 0.2) is 53.5 Å². The minimum Gasteiger partial charge on any atom is -0.306 e. The highest BCUT2D eigenvalue weighted by molar-refractivity contribution is 6.40. The second kappa shape index (κ2) is 8.50. The highest BCUT2D eigenvalue weighted by Crippen LogP contribution is 2.32. The van der Waals surface area contributed by atoms with Gasteiger partial charge < -0.3 is 5.32 Å². The smallest absolute Gasteiger partial charge is 0.271 e. The van der Waals surface area contributed by atoms with Crippen LogP contribution in [0.2, 0.25) is 15.1 Å². The van der Waals surface area contributed by atoms with Crippen LogP contribution >= 0.6 is 34.8 Å². The van der Waals surface area contributed by atoms with Crippen LogP contribution in [-0.2, 0) is 0 Å². The van der Waals surface area contributed by atoms with Crippen LogP contribution in [0.1, 0.15) is 10.4 Å². The van der Waals surface area contributed by atoms with Crippen molar-refractivity contribution in [2.24, 2.45) is 0 Å². The van der Waals surface area contributed by atoms with E-state index in [1.54, 1.807) is 0 Å². The lowest BCUT2D eigenvalue weighted by molar-refractivity contribution is -0.384. The lowest BCUT2D eigenvalue weighted by Gasteiger charge is -2.08. The molecule has 0 unspecified atom stereocenters. The third-order valence-corrected chi connectivity index (χ3v) is 5.21. The molecule has 0 saturated heterocycles. The van der Waals surface area contributed by atoms with E-state index >= 15 is 0 Å². The van der Waals surface area contributed by atoms with Gasteiger partial charge >= 0.3 is 0 Å². The van der Waals surface area contributed by atoms with E-state index in [-0.39, 0.29) is 32.8 Å². The first-order chi connectivity index (χ1) is 15.2. The van der Waals surface area contributed by atoms with Gasteiger partial charge in [0, 0.05) is 28.8 Å². The van der Waals surface area contributed by atoms with Crippen LogP contribution in [0, 0.1) is 10.1 Å². The summed E-state index contributed by atoms with van der Waals surface area (Å²) >= 11 is 18.3. The zero-order valence-corrected chi connectivity index (χ0v) is 18.0. The van der Waals surface area contributed by atoms with Gasteiger partial charge in [0.1, 0.15) is 11.5 Å². The number of benzene rings is 2. The summed E-state index contributed by atoms with van der Waals surface area (Å²) in [6.45, 7) is 0. The molecule has 0 aliphatic rings. The largest absolute Gasteiger partial charge is 0.306 e. The molecule has 2 aromatic heterocycles. The molecule has 3 N–H and O–H groups in total. The van der Waals surface area contributed by atoms with E-state index < -0.39 is 16.4 Å². The van der Waals surface area contributed by atoms with Gasteiger partial charge in [-0.1, -0.05) is 40.9 Å². The summed E-state index contributed by atoms with van der Waals surface area (Å²) in [5.74, 6) is -0.437. The molecule has 0 aliphatic carbocycles. The van der Waals surface area contributed by atoms with Crippen molar-refractivity contribution in [2.75, 3.05) is 5.32 Å². The number of nitrogens with one attached hydrogen (secondary N) is 3. The molecule has 4 rings (SSSR count). The first-order valence-electron chi connectivity index (χ1n) is 8.81. The van der Waals surface area contributed by atoms with Crippen molar-refractivity contribution in [1.82, 2.24) is 20.0 Å². The number of amides is 1. The average molecular weight is 494 g/mol. The van der Waals surface area contributed by atoms with E-state index in [9.17, 15) is 19.7 Å². The van der Waals surface area contributed by atoms with Crippen LogP contribution in [0.5, 0.6) is 0 Å². The normalized spacial score (nSPS) is 10.8. The van der Waals surface area contributed by atoms with Crippen molar-refractivity contribution in [2.45, 2.75) is 0 Å². The maximum atomic E-state index is 12.6. The zero-order valence-electron chi connectivity index (χ0n) is 15.7. The molecule has 0 bridgehead atoms. The summed E-state index contributed by atoms with van der Waals surface area (Å²) in [7, 11) is 0. The number of nitrogens with zero attached hydrogens (tertiary/aromatic N) is 3. The lowest BCUT2D eigenvalue weighted by atomic mass is 10.2. The third kappa shape index (κ3) is 4.11. The number of rotatable bonds is 5. The Morgan fingerprint density at radius 1 is 1.12 bits per heavy atom. The van der Waals surface area contributed by atoms with Crippen molar-refractivity contribution in [3.05, 3.63) is 89.8 Å². The Morgan fingerprint density at radius 3 is 2.53 bits per heavy atom. The molecule has 13 heteroatoms. The second-order valence-corrected chi connectivity index (χ2v) is 7.73. The number of halogens is 3. The number of anilines is 1. The number of aromatic nitrogens is 4. The Balaban J connectivity index is 1.67. The summed E-state index contributed by atoms with van der Waals surface area (Å²) in [5.41, 5.74) is 0.259. The number of hydrogen-bond donors (Lipinski definition) is 3. The Hall–Kier alpha value is -3.60. The van der Waals surface area contributed by atoms with Crippen molar-refractivity contribution in [3.63, 3.8) is 0 Å². The summed E-state index contributed by atoms with van der Waals surface area (Å²) in [6.07, 6.45) is 1.39. The number of nitro benzene ring substituents is 1. The topological polar surface area (TPSA) is 139 Å². The quantitative estimate of drug-likeness (QED) is 0.274. The van der Waals surface area contributed by atoms with Crippen molar-refractivity contribution >= 4 is 52.2 Å². The van der Waals surface area contributed by atoms with Gasteiger partial charge in [-0.25, -0.2) is 4.68 Å². The highest BCUT2D eigenvalue weighted by Gasteiger charge is 2.19. The number of H-pyrrole nitrogens is 2. The first-order valence-corrected chi connectivity index (χ1v) is 9.94. The molecule has 1 amide bonds. The van der Waals surface area contributed by atoms with Gasteiger partial charge in [-0.15, -0.1) is 0 Å². The van der Waals surface area contributed by atoms with Crippen LogP contribution in [0.3, 0.4) is 0 Å². The Kier molecular flexibility index (Phi) is 5.74. The van der Waals surface area contributed by atoms with Gasteiger partial charge in [0.2, 0.25) is 0 Å². The third-order valence-electron chi connectivity index (χ3n) is 4.41. The molecule has 0 saturated carbocycles. The fourth-order valence-corrected chi connectivity index (χ4v) is 3.97. The molecular weight excluding hydrogens is 483 g/mol. The molecule has 10 nitrogen and oxygen atoms in total. The molecule has 0 spiro atoms. The molecule has 0 fully saturated rings. The number of hydrogen-bond acceptors (Lipinski definition) is 5. The van der Waals surface area contributed by atoms with Crippen molar-refractivity contribution in [1.29, 1.82) is 0 Å². The Morgan fingerprint density at radius 2 is 1.84 bits per heavy atom. The van der Waals surface area contributed by atoms with Gasteiger partial charge in [-0.05, 0) is 18.2 Å². The van der Waals surface area contributed by atoms with E-state index in [1.807, 2.05) is 0 Å². The van der Waals surface area contributed by atoms with Crippen LogP contribution in [0.25, 0.3) is 16.9 Å². The predicted molar refractivity (Wildman–Crippen MR) is 120 cm³/mol. The minimum absolute atomic E-state index is 0.0746. The van der Waals surface area contributed by atoms with E-state index in [1.165, 1.54) is 42.6 Å². The van der Waals surface area contributed by atoms with Crippen molar-refractivity contribution in [3.8, 4) is 16.9 Å². The van der Waals surface area contributed by atoms with Crippen molar-refractivity contribution < 1.29 is 9.72 Å². The maximum absolute atomic E-state index is 12.6. The number of carbonyl (C=O) groups excluding carboxylic acids is 1. The molecule has 0 radical (unpaired) electrons. The van der Waals surface area contributed by atoms with E-state index in [2.05, 4.69) is 20.6 Å². The molecule has 0 atom stereocenters. The number of non-ortho nitro benzene ring substituents is 1. The summed E-state index contributed by atoms with van der Waals surface area (Å²) < 4.78 is 1.13. The van der Waals surface area contributed by atoms with Gasteiger partial charge in [0.15, 0.2) is 0 Å². The fraction of sp³-hybridized carbons (Fsp3) is 0. The molecular formula is C19H11Cl3N6O4. The number of aromatic amines is 2. The van der Waals surface area contributed by atoms with E-state index in [0.29, 0.717) is 16.3 Å². The highest BCUT2D eigenvalue weighted by atomic mass is 35.5. The van der Waals surface area contributed by atoms with Crippen LogP contribution in [0.4, 0.5) is 11.5 Å². The zero-order chi connectivity index (χ0) is 23.0. The molecule has 4 aromatic rings. The number of carbonyl (C=O) groups is 1. The number of nitro groups is 1. The molecule has 2 aromatic carbocycles. The van der Waals surface area contributed by atoms with Gasteiger partial charge in [0.25, 0.3) is 17.2 Å². The maximum Gasteiger partial charge on any atom is 0.271 e. The predicted octanol–water partition coefficient (Wildman–Crippen LogP) is 4.68. The SMILES string of the molecule is O=C(Nc1[nH]ncc1-c1cc(=O)n(-c2c(Cl)cc(Cl)cc2Cl)[nH]1)c1cccc([N+](=O)[O-])c1. The monoisotopic (exact) mass is 492 g/mol. The van der Waals surface area contributed by atoms with E-state index in [4.69, 9.17) is 34.8 Å². The van der Waals surface area contributed by atoms with Crippen LogP contribution in [-0.4, -0.2) is 30.8 Å². The van der Waals surface area contributed by atoms with Crippen LogP contribution < -0.4 is 10.9 Å². The Labute approximate surface area is 193 Å². The van der Waals surface area contributed by atoms with Gasteiger partial charge in [-0.2, -0.15) is 5.10 Å². The fourth-order valence-electron chi connectivity index (χ4n) is 2.98. The molecule has 2 heterocycles. The summed E-state index contributed by atoms with van der Waals surface area (Å²) in [5, 5.41) is 23.6. The summed E-state index contributed by atoms with van der Waals surface area (Å²) in [4.78, 5) is 35.5. The van der Waals surface area contributed by atoms with Gasteiger partial charge in [0.05, 0.1) is 32.4 Å². The molecule has 32 heavy (non-hydrogen) atoms. The molecule has 0 aliphatic heterocycles. The van der Waals surface area contributed by atoms with Gasteiger partial charge in [-0.3, -0.25) is 29.9 Å². The van der Waals surface area contributed by atoms with E-state index in [0.717, 1.165) is 10.7 Å². The second-order valence-electron chi connectivity index (χ2n) is 6.48. The minimum atomic E-state index is -0.607. The lowest BCUT2D eigenvalue weighted by Crippen LogP contribution is -2.14. The summed E-state index contributed by atoms with van der Waals surface area (Å²) in [6, 6.07) is 9.42. The standard InChI is InChI=1S/C19H11Cl3N6O4/c20-10-5-13(21)17(14(22)6-10)27-16(29)7-15(26-27)12-8-23-25-18(12)24-19(30)9-2-1-3-11(4-9)28(31)32/h1-8,26H,(H2,23,24,25,30). The first kappa shape index (κ1) is 21.6. The Bertz CT molecular complexity index is 1400. The molecule has 162 valence electrons.